The molecule has 1 saturated carbocycles. The van der Waals surface area contributed by atoms with Crippen LogP contribution in [0.25, 0.3) is 0 Å². The summed E-state index contributed by atoms with van der Waals surface area (Å²) in [6, 6.07) is 2.11. The first-order chi connectivity index (χ1) is 10.5. The predicted octanol–water partition coefficient (Wildman–Crippen LogP) is 1.89. The fraction of sp³-hybridized carbons (Fsp3) is 0.765. The van der Waals surface area contributed by atoms with Gasteiger partial charge in [0.2, 0.25) is 5.91 Å². The Bertz CT molecular complexity index is 538. The molecule has 3 atom stereocenters. The molecule has 0 bridgehead atoms. The Morgan fingerprint density at radius 3 is 2.91 bits per heavy atom. The summed E-state index contributed by atoms with van der Waals surface area (Å²) in [5, 5.41) is 14.9. The zero-order valence-corrected chi connectivity index (χ0v) is 13.7. The third-order valence-corrected chi connectivity index (χ3v) is 5.59. The van der Waals surface area contributed by atoms with E-state index in [9.17, 15) is 9.90 Å². The van der Waals surface area contributed by atoms with Crippen LogP contribution >= 0.6 is 0 Å². The van der Waals surface area contributed by atoms with Crippen molar-refractivity contribution in [3.05, 3.63) is 18.0 Å². The number of aryl methyl sites for hydroxylation is 1. The maximum absolute atomic E-state index is 12.7. The normalized spacial score (nSPS) is 32.4. The first-order valence-electron chi connectivity index (χ1n) is 8.48. The second-order valence-electron chi connectivity index (χ2n) is 7.13. The van der Waals surface area contributed by atoms with Gasteiger partial charge >= 0.3 is 0 Å². The fourth-order valence-corrected chi connectivity index (χ4v) is 4.30. The molecule has 1 N–H and O–H groups in total. The monoisotopic (exact) mass is 305 g/mol. The molecule has 122 valence electrons. The highest BCUT2D eigenvalue weighted by atomic mass is 16.3. The van der Waals surface area contributed by atoms with Crippen molar-refractivity contribution < 1.29 is 9.90 Å². The molecule has 2 heterocycles. The van der Waals surface area contributed by atoms with Crippen molar-refractivity contribution in [3.63, 3.8) is 0 Å². The van der Waals surface area contributed by atoms with Crippen molar-refractivity contribution >= 4 is 5.91 Å². The Labute approximate surface area is 132 Å². The van der Waals surface area contributed by atoms with Crippen molar-refractivity contribution in [2.24, 2.45) is 13.0 Å². The van der Waals surface area contributed by atoms with Crippen LogP contribution in [0.15, 0.2) is 12.3 Å². The zero-order valence-electron chi connectivity index (χ0n) is 13.7. The molecular formula is C17H27N3O2. The van der Waals surface area contributed by atoms with Gasteiger partial charge < -0.3 is 10.0 Å². The molecule has 1 aliphatic carbocycles. The summed E-state index contributed by atoms with van der Waals surface area (Å²) >= 11 is 0. The highest BCUT2D eigenvalue weighted by molar-refractivity contribution is 5.79. The standard InChI is InChI=1S/C17H27N3O2/c1-17(22)9-4-3-6-14(17)15-7-5-11-20(15)16(21)12-13-8-10-18-19(13)2/h8,10,14-15,22H,3-7,9,11-12H2,1-2H3. The Kier molecular flexibility index (Phi) is 4.26. The van der Waals surface area contributed by atoms with E-state index in [1.165, 1.54) is 6.42 Å². The van der Waals surface area contributed by atoms with E-state index in [0.29, 0.717) is 6.42 Å². The molecular weight excluding hydrogens is 278 g/mol. The van der Waals surface area contributed by atoms with Crippen LogP contribution in [0.5, 0.6) is 0 Å². The minimum atomic E-state index is -0.627. The van der Waals surface area contributed by atoms with Gasteiger partial charge in [0.05, 0.1) is 12.0 Å². The van der Waals surface area contributed by atoms with Gasteiger partial charge in [-0.2, -0.15) is 5.10 Å². The Balaban J connectivity index is 1.72. The Hall–Kier alpha value is -1.36. The van der Waals surface area contributed by atoms with Gasteiger partial charge in [-0.1, -0.05) is 12.8 Å². The van der Waals surface area contributed by atoms with Crippen molar-refractivity contribution in [1.82, 2.24) is 14.7 Å². The number of aliphatic hydroxyl groups is 1. The van der Waals surface area contributed by atoms with Crippen LogP contribution in [0.1, 0.15) is 51.1 Å². The smallest absolute Gasteiger partial charge is 0.228 e. The quantitative estimate of drug-likeness (QED) is 0.928. The Morgan fingerprint density at radius 2 is 2.23 bits per heavy atom. The van der Waals surface area contributed by atoms with E-state index < -0.39 is 5.60 Å². The van der Waals surface area contributed by atoms with E-state index in [2.05, 4.69) is 5.10 Å². The summed E-state index contributed by atoms with van der Waals surface area (Å²) < 4.78 is 1.76. The lowest BCUT2D eigenvalue weighted by atomic mass is 9.72. The number of likely N-dealkylation sites (tertiary alicyclic amines) is 1. The van der Waals surface area contributed by atoms with E-state index in [1.54, 1.807) is 10.9 Å². The number of rotatable bonds is 3. The number of hydrogen-bond donors (Lipinski definition) is 1. The van der Waals surface area contributed by atoms with E-state index in [4.69, 9.17) is 0 Å². The third-order valence-electron chi connectivity index (χ3n) is 5.59. The lowest BCUT2D eigenvalue weighted by Crippen LogP contribution is -2.50. The number of nitrogens with zero attached hydrogens (tertiary/aromatic N) is 3. The summed E-state index contributed by atoms with van der Waals surface area (Å²) in [5.74, 6) is 0.395. The van der Waals surface area contributed by atoms with Crippen molar-refractivity contribution in [3.8, 4) is 0 Å². The first-order valence-corrected chi connectivity index (χ1v) is 8.48. The van der Waals surface area contributed by atoms with Crippen molar-refractivity contribution in [1.29, 1.82) is 0 Å². The molecule has 5 nitrogen and oxygen atoms in total. The van der Waals surface area contributed by atoms with E-state index >= 15 is 0 Å². The molecule has 1 saturated heterocycles. The third kappa shape index (κ3) is 2.91. The molecule has 1 amide bonds. The topological polar surface area (TPSA) is 58.4 Å². The maximum Gasteiger partial charge on any atom is 0.228 e. The predicted molar refractivity (Wildman–Crippen MR) is 84.2 cm³/mol. The van der Waals surface area contributed by atoms with Crippen LogP contribution < -0.4 is 0 Å². The molecule has 3 unspecified atom stereocenters. The Morgan fingerprint density at radius 1 is 1.41 bits per heavy atom. The molecule has 22 heavy (non-hydrogen) atoms. The van der Waals surface area contributed by atoms with Crippen molar-refractivity contribution in [2.75, 3.05) is 6.54 Å². The molecule has 1 aromatic heterocycles. The van der Waals surface area contributed by atoms with Crippen LogP contribution in [-0.4, -0.2) is 43.9 Å². The molecule has 0 spiro atoms. The van der Waals surface area contributed by atoms with Gasteiger partial charge in [-0.15, -0.1) is 0 Å². The van der Waals surface area contributed by atoms with Gasteiger partial charge in [-0.05, 0) is 38.7 Å². The lowest BCUT2D eigenvalue weighted by Gasteiger charge is -2.43. The fourth-order valence-electron chi connectivity index (χ4n) is 4.30. The molecule has 1 aromatic rings. The van der Waals surface area contributed by atoms with E-state index in [-0.39, 0.29) is 17.9 Å². The van der Waals surface area contributed by atoms with E-state index in [1.807, 2.05) is 24.9 Å². The molecule has 0 aromatic carbocycles. The highest BCUT2D eigenvalue weighted by Gasteiger charge is 2.44. The summed E-state index contributed by atoms with van der Waals surface area (Å²) in [6.07, 6.45) is 8.37. The SMILES string of the molecule is Cn1nccc1CC(=O)N1CCCC1C1CCCCC1(C)O. The van der Waals surface area contributed by atoms with Crippen LogP contribution in [-0.2, 0) is 18.3 Å². The van der Waals surface area contributed by atoms with E-state index in [0.717, 1.165) is 44.3 Å². The lowest BCUT2D eigenvalue weighted by molar-refractivity contribution is -0.136. The molecule has 3 rings (SSSR count). The van der Waals surface area contributed by atoms with Crippen molar-refractivity contribution in [2.45, 2.75) is 63.5 Å². The summed E-state index contributed by atoms with van der Waals surface area (Å²) in [5.41, 5.74) is 0.323. The zero-order chi connectivity index (χ0) is 15.7. The largest absolute Gasteiger partial charge is 0.390 e. The second kappa shape index (κ2) is 6.03. The van der Waals surface area contributed by atoms with Gasteiger partial charge in [0.15, 0.2) is 0 Å². The molecule has 0 radical (unpaired) electrons. The van der Waals surface area contributed by atoms with Gasteiger partial charge in [0.25, 0.3) is 0 Å². The van der Waals surface area contributed by atoms with Gasteiger partial charge in [-0.25, -0.2) is 0 Å². The molecule has 2 aliphatic rings. The second-order valence-corrected chi connectivity index (χ2v) is 7.13. The van der Waals surface area contributed by atoms with Crippen LogP contribution in [0, 0.1) is 5.92 Å². The molecule has 1 aliphatic heterocycles. The number of aromatic nitrogens is 2. The molecule has 2 fully saturated rings. The average molecular weight is 305 g/mol. The summed E-state index contributed by atoms with van der Waals surface area (Å²) in [4.78, 5) is 14.8. The average Bonchev–Trinajstić information content (AvgIpc) is 3.08. The molecule has 5 heteroatoms. The number of amides is 1. The van der Waals surface area contributed by atoms with Crippen LogP contribution in [0.4, 0.5) is 0 Å². The summed E-state index contributed by atoms with van der Waals surface area (Å²) in [6.45, 7) is 2.78. The highest BCUT2D eigenvalue weighted by Crippen LogP contribution is 2.40. The summed E-state index contributed by atoms with van der Waals surface area (Å²) in [7, 11) is 1.87. The van der Waals surface area contributed by atoms with Gasteiger partial charge in [0, 0.05) is 37.4 Å². The number of carbonyl (C=O) groups excluding carboxylic acids is 1. The van der Waals surface area contributed by atoms with Gasteiger partial charge in [-0.3, -0.25) is 9.48 Å². The minimum absolute atomic E-state index is 0.174. The minimum Gasteiger partial charge on any atom is -0.390 e. The van der Waals surface area contributed by atoms with Crippen LogP contribution in [0.2, 0.25) is 0 Å². The maximum atomic E-state index is 12.7. The number of carbonyl (C=O) groups is 1. The van der Waals surface area contributed by atoms with Gasteiger partial charge in [0.1, 0.15) is 0 Å². The first kappa shape index (κ1) is 15.5. The number of hydrogen-bond acceptors (Lipinski definition) is 3. The van der Waals surface area contributed by atoms with Crippen LogP contribution in [0.3, 0.4) is 0 Å².